The van der Waals surface area contributed by atoms with Crippen LogP contribution in [0.3, 0.4) is 0 Å². The second-order valence-corrected chi connectivity index (χ2v) is 13.3. The van der Waals surface area contributed by atoms with Crippen molar-refractivity contribution in [1.29, 1.82) is 0 Å². The smallest absolute Gasteiger partial charge is 0.259 e. The maximum absolute atomic E-state index is 13.5. The van der Waals surface area contributed by atoms with Crippen molar-refractivity contribution in [1.82, 2.24) is 10.2 Å². The molecule has 3 amide bonds. The molecule has 1 spiro atoms. The van der Waals surface area contributed by atoms with E-state index < -0.39 is 11.9 Å². The van der Waals surface area contributed by atoms with Gasteiger partial charge in [0, 0.05) is 48.6 Å². The molecule has 4 fully saturated rings. The third-order valence-electron chi connectivity index (χ3n) is 10.4. The number of carbonyl (C=O) groups is 3. The quantitative estimate of drug-likeness (QED) is 0.394. The lowest BCUT2D eigenvalue weighted by Gasteiger charge is -2.47. The molecule has 3 aliphatic heterocycles. The van der Waals surface area contributed by atoms with Crippen molar-refractivity contribution >= 4 is 40.4 Å². The molecule has 2 saturated carbocycles. The van der Waals surface area contributed by atoms with Crippen LogP contribution in [-0.2, 0) is 16.0 Å². The summed E-state index contributed by atoms with van der Waals surface area (Å²) in [6.45, 7) is 4.83. The Morgan fingerprint density at radius 1 is 1.12 bits per heavy atom. The third kappa shape index (κ3) is 4.56. The lowest BCUT2D eigenvalue weighted by molar-refractivity contribution is -0.134. The summed E-state index contributed by atoms with van der Waals surface area (Å²) < 4.78 is 0. The van der Waals surface area contributed by atoms with Gasteiger partial charge >= 0.3 is 0 Å². The molecule has 2 atom stereocenters. The summed E-state index contributed by atoms with van der Waals surface area (Å²) in [5.41, 5.74) is 10.3. The number of allylic oxidation sites excluding steroid dienone is 1. The molecule has 41 heavy (non-hydrogen) atoms. The first-order chi connectivity index (χ1) is 19.8. The van der Waals surface area contributed by atoms with Crippen molar-refractivity contribution in [2.75, 3.05) is 18.0 Å². The molecule has 214 valence electrons. The van der Waals surface area contributed by atoms with Crippen LogP contribution >= 0.6 is 0 Å². The lowest BCUT2D eigenvalue weighted by atomic mass is 9.69. The number of imide groups is 1. The number of hydrogen-bond acceptors (Lipinski definition) is 6. The van der Waals surface area contributed by atoms with Crippen LogP contribution in [0.1, 0.15) is 80.6 Å². The summed E-state index contributed by atoms with van der Waals surface area (Å²) in [5.74, 6) is -0.903. The number of nitrogens with two attached hydrogens (primary N) is 1. The SMILES string of the molecule is CC1(CN2CCC(N=C/C(=C\N)Cc3ccc4c5c(cccc35)C(=O)N4C3CCC(=O)NC3=O)CC23CC3)CCC1. The Hall–Kier alpha value is -3.52. The van der Waals surface area contributed by atoms with E-state index in [0.717, 1.165) is 47.0 Å². The molecule has 3 heterocycles. The fraction of sp³-hybridized carbons (Fsp3) is 0.515. The minimum absolute atomic E-state index is 0.194. The molecule has 5 aliphatic rings. The average molecular weight is 554 g/mol. The first kappa shape index (κ1) is 26.4. The molecular formula is C33H39N5O3. The van der Waals surface area contributed by atoms with E-state index in [1.165, 1.54) is 38.6 Å². The Balaban J connectivity index is 1.08. The second kappa shape index (κ2) is 9.79. The molecule has 0 aromatic heterocycles. The van der Waals surface area contributed by atoms with Crippen molar-refractivity contribution in [3.63, 3.8) is 0 Å². The lowest BCUT2D eigenvalue weighted by Crippen LogP contribution is -2.53. The van der Waals surface area contributed by atoms with Crippen LogP contribution in [-0.4, -0.2) is 59.5 Å². The highest BCUT2D eigenvalue weighted by atomic mass is 16.2. The monoisotopic (exact) mass is 553 g/mol. The summed E-state index contributed by atoms with van der Waals surface area (Å²) in [6, 6.07) is 9.32. The van der Waals surface area contributed by atoms with Crippen LogP contribution in [0.15, 0.2) is 47.1 Å². The van der Waals surface area contributed by atoms with Crippen molar-refractivity contribution in [2.45, 2.75) is 88.8 Å². The minimum Gasteiger partial charge on any atom is -0.404 e. The molecule has 2 aliphatic carbocycles. The summed E-state index contributed by atoms with van der Waals surface area (Å²) >= 11 is 0. The fourth-order valence-corrected chi connectivity index (χ4v) is 7.68. The molecule has 2 aromatic carbocycles. The zero-order chi connectivity index (χ0) is 28.4. The van der Waals surface area contributed by atoms with Gasteiger partial charge in [0.15, 0.2) is 0 Å². The van der Waals surface area contributed by atoms with Gasteiger partial charge < -0.3 is 5.73 Å². The molecule has 2 unspecified atom stereocenters. The summed E-state index contributed by atoms with van der Waals surface area (Å²) in [7, 11) is 0. The number of rotatable bonds is 7. The number of anilines is 1. The summed E-state index contributed by atoms with van der Waals surface area (Å²) in [5, 5.41) is 4.22. The van der Waals surface area contributed by atoms with E-state index in [4.69, 9.17) is 10.7 Å². The van der Waals surface area contributed by atoms with Gasteiger partial charge in [-0.1, -0.05) is 31.5 Å². The number of hydrogen-bond donors (Lipinski definition) is 2. The largest absolute Gasteiger partial charge is 0.404 e. The van der Waals surface area contributed by atoms with Gasteiger partial charge in [-0.2, -0.15) is 0 Å². The normalized spacial score (nSPS) is 27.1. The standard InChI is InChI=1S/C33H39N5O3/c1-32(11-3-12-32)20-37-15-10-23(17-33(37)13-14-33)35-19-21(18-34)16-22-6-7-26-29-24(22)4-2-5-25(29)31(41)38(26)27-8-9-28(39)36-30(27)40/h2,4-7,18-19,23,27H,3,8-17,20,34H2,1H3,(H,36,39,40)/b21-18-,35-19?. The Morgan fingerprint density at radius 3 is 2.66 bits per heavy atom. The van der Waals surface area contributed by atoms with Gasteiger partial charge in [-0.3, -0.25) is 34.5 Å². The Labute approximate surface area is 241 Å². The van der Waals surface area contributed by atoms with Gasteiger partial charge in [-0.15, -0.1) is 0 Å². The highest BCUT2D eigenvalue weighted by Crippen LogP contribution is 2.52. The van der Waals surface area contributed by atoms with Crippen LogP contribution in [0.5, 0.6) is 0 Å². The molecule has 7 rings (SSSR count). The van der Waals surface area contributed by atoms with E-state index in [2.05, 4.69) is 17.1 Å². The van der Waals surface area contributed by atoms with Gasteiger partial charge in [-0.25, -0.2) is 0 Å². The van der Waals surface area contributed by atoms with Crippen molar-refractivity contribution in [3.8, 4) is 0 Å². The fourth-order valence-electron chi connectivity index (χ4n) is 7.68. The van der Waals surface area contributed by atoms with Gasteiger partial charge in [0.2, 0.25) is 11.8 Å². The molecule has 3 N–H and O–H groups in total. The zero-order valence-corrected chi connectivity index (χ0v) is 23.8. The van der Waals surface area contributed by atoms with E-state index in [0.29, 0.717) is 35.4 Å². The van der Waals surface area contributed by atoms with Crippen molar-refractivity contribution in [3.05, 3.63) is 53.2 Å². The topological polar surface area (TPSA) is 108 Å². The van der Waals surface area contributed by atoms with Crippen LogP contribution in [0.2, 0.25) is 0 Å². The molecule has 8 nitrogen and oxygen atoms in total. The number of aliphatic imine (C=N–C) groups is 1. The average Bonchev–Trinajstić information content (AvgIpc) is 3.66. The number of carbonyl (C=O) groups excluding carboxylic acids is 3. The maximum Gasteiger partial charge on any atom is 0.259 e. The van der Waals surface area contributed by atoms with E-state index in [1.54, 1.807) is 11.1 Å². The number of nitrogens with zero attached hydrogens (tertiary/aromatic N) is 3. The van der Waals surface area contributed by atoms with Crippen molar-refractivity contribution in [2.24, 2.45) is 16.1 Å². The number of piperidine rings is 2. The number of likely N-dealkylation sites (tertiary alicyclic amines) is 1. The van der Waals surface area contributed by atoms with Crippen LogP contribution in [0, 0.1) is 5.41 Å². The van der Waals surface area contributed by atoms with E-state index >= 15 is 0 Å². The highest BCUT2D eigenvalue weighted by molar-refractivity contribution is 6.27. The van der Waals surface area contributed by atoms with Gasteiger partial charge in [0.25, 0.3) is 5.91 Å². The van der Waals surface area contributed by atoms with Gasteiger partial charge in [0.05, 0.1) is 11.7 Å². The molecule has 2 aromatic rings. The van der Waals surface area contributed by atoms with Gasteiger partial charge in [-0.05, 0) is 85.2 Å². The Morgan fingerprint density at radius 2 is 1.95 bits per heavy atom. The zero-order valence-electron chi connectivity index (χ0n) is 23.8. The van der Waals surface area contributed by atoms with E-state index in [9.17, 15) is 14.4 Å². The van der Waals surface area contributed by atoms with Crippen LogP contribution < -0.4 is 16.0 Å². The second-order valence-electron chi connectivity index (χ2n) is 13.3. The predicted molar refractivity (Wildman–Crippen MR) is 160 cm³/mol. The van der Waals surface area contributed by atoms with Gasteiger partial charge in [0.1, 0.15) is 6.04 Å². The van der Waals surface area contributed by atoms with E-state index in [1.807, 2.05) is 36.5 Å². The maximum atomic E-state index is 13.5. The predicted octanol–water partition coefficient (Wildman–Crippen LogP) is 4.25. The van der Waals surface area contributed by atoms with Crippen LogP contribution in [0.25, 0.3) is 10.8 Å². The molecule has 0 radical (unpaired) electrons. The summed E-state index contributed by atoms with van der Waals surface area (Å²) in [4.78, 5) is 47.2. The first-order valence-electron chi connectivity index (χ1n) is 15.2. The summed E-state index contributed by atoms with van der Waals surface area (Å²) in [6.07, 6.45) is 13.7. The molecule has 0 bridgehead atoms. The Bertz CT molecular complexity index is 1500. The number of amides is 3. The molecular weight excluding hydrogens is 514 g/mol. The molecule has 2 saturated heterocycles. The minimum atomic E-state index is -0.689. The number of nitrogens with one attached hydrogen (secondary N) is 1. The van der Waals surface area contributed by atoms with Crippen molar-refractivity contribution < 1.29 is 14.4 Å². The highest BCUT2D eigenvalue weighted by Gasteiger charge is 2.53. The Kier molecular flexibility index (Phi) is 6.30. The third-order valence-corrected chi connectivity index (χ3v) is 10.4. The van der Waals surface area contributed by atoms with E-state index in [-0.39, 0.29) is 18.2 Å². The van der Waals surface area contributed by atoms with Crippen LogP contribution in [0.4, 0.5) is 5.69 Å². The first-order valence-corrected chi connectivity index (χ1v) is 15.2. The molecule has 8 heteroatoms. The number of benzene rings is 2.